The minimum atomic E-state index is 0.547. The molecule has 3 heteroatoms. The number of rotatable bonds is 1. The number of fused-ring (bicyclic) bond motifs is 1. The van der Waals surface area contributed by atoms with Crippen molar-refractivity contribution in [3.05, 3.63) is 42.5 Å². The predicted molar refractivity (Wildman–Crippen MR) is 70.7 cm³/mol. The molecule has 0 fully saturated rings. The van der Waals surface area contributed by atoms with E-state index in [-0.39, 0.29) is 0 Å². The zero-order valence-electron chi connectivity index (χ0n) is 8.27. The topological polar surface area (TPSA) is 9.23 Å². The molecule has 2 aromatic carbocycles. The first-order valence-electron chi connectivity index (χ1n) is 4.54. The molecular formula is C12H10OS2. The maximum atomic E-state index is 5.47. The highest BCUT2D eigenvalue weighted by molar-refractivity contribution is 8.22. The largest absolute Gasteiger partial charge is 0.440 e. The number of thioether (sulfide) groups is 1. The predicted octanol–water partition coefficient (Wildman–Crippen LogP) is 3.87. The van der Waals surface area contributed by atoms with Gasteiger partial charge in [-0.15, -0.1) is 0 Å². The molecule has 0 aromatic heterocycles. The molecule has 1 nitrogen and oxygen atoms in total. The van der Waals surface area contributed by atoms with Crippen molar-refractivity contribution in [2.24, 2.45) is 0 Å². The third-order valence-corrected chi connectivity index (χ3v) is 3.09. The van der Waals surface area contributed by atoms with Gasteiger partial charge in [0.25, 0.3) is 0 Å². The Kier molecular flexibility index (Phi) is 3.23. The van der Waals surface area contributed by atoms with Crippen LogP contribution in [-0.4, -0.2) is 10.6 Å². The molecule has 0 bridgehead atoms. The van der Waals surface area contributed by atoms with Gasteiger partial charge < -0.3 is 4.74 Å². The molecule has 0 aliphatic rings. The van der Waals surface area contributed by atoms with E-state index in [0.717, 1.165) is 5.75 Å². The van der Waals surface area contributed by atoms with Crippen LogP contribution in [0.25, 0.3) is 10.8 Å². The average Bonchev–Trinajstić information content (AvgIpc) is 2.29. The molecule has 0 saturated heterocycles. The van der Waals surface area contributed by atoms with Crippen LogP contribution in [0, 0.1) is 0 Å². The normalized spacial score (nSPS) is 10.2. The average molecular weight is 234 g/mol. The van der Waals surface area contributed by atoms with Gasteiger partial charge in [-0.05, 0) is 41.4 Å². The van der Waals surface area contributed by atoms with Crippen LogP contribution in [0.3, 0.4) is 0 Å². The molecule has 0 spiro atoms. The maximum absolute atomic E-state index is 5.47. The summed E-state index contributed by atoms with van der Waals surface area (Å²) < 4.78 is 6.01. The highest BCUT2D eigenvalue weighted by atomic mass is 32.2. The van der Waals surface area contributed by atoms with Crippen molar-refractivity contribution in [2.75, 3.05) is 6.26 Å². The van der Waals surface area contributed by atoms with Crippen molar-refractivity contribution in [3.8, 4) is 5.75 Å². The summed E-state index contributed by atoms with van der Waals surface area (Å²) in [5, 5.41) is 2.37. The van der Waals surface area contributed by atoms with Gasteiger partial charge >= 0.3 is 0 Å². The quantitative estimate of drug-likeness (QED) is 0.693. The number of ether oxygens (including phenoxy) is 1. The fraction of sp³-hybridized carbons (Fsp3) is 0.0833. The van der Waals surface area contributed by atoms with E-state index in [0.29, 0.717) is 4.38 Å². The number of hydrogen-bond donors (Lipinski definition) is 0. The van der Waals surface area contributed by atoms with Gasteiger partial charge in [0, 0.05) is 0 Å². The van der Waals surface area contributed by atoms with Crippen LogP contribution in [0.15, 0.2) is 42.5 Å². The summed E-state index contributed by atoms with van der Waals surface area (Å²) in [6, 6.07) is 14.1. The Labute approximate surface area is 98.4 Å². The van der Waals surface area contributed by atoms with E-state index in [1.165, 1.54) is 22.5 Å². The Morgan fingerprint density at radius 1 is 1.13 bits per heavy atom. The zero-order chi connectivity index (χ0) is 10.7. The van der Waals surface area contributed by atoms with Crippen molar-refractivity contribution in [3.63, 3.8) is 0 Å². The smallest absolute Gasteiger partial charge is 0.225 e. The molecule has 0 atom stereocenters. The van der Waals surface area contributed by atoms with Crippen molar-refractivity contribution in [1.82, 2.24) is 0 Å². The molecule has 0 aliphatic carbocycles. The van der Waals surface area contributed by atoms with Gasteiger partial charge in [-0.3, -0.25) is 0 Å². The second-order valence-corrected chi connectivity index (χ2v) is 4.47. The molecule has 0 heterocycles. The van der Waals surface area contributed by atoms with Gasteiger partial charge in [0.1, 0.15) is 5.75 Å². The Bertz CT molecular complexity index is 494. The van der Waals surface area contributed by atoms with E-state index < -0.39 is 0 Å². The lowest BCUT2D eigenvalue weighted by Gasteiger charge is -2.05. The van der Waals surface area contributed by atoms with Crippen molar-refractivity contribution >= 4 is 39.1 Å². The van der Waals surface area contributed by atoms with Crippen molar-refractivity contribution in [1.29, 1.82) is 0 Å². The molecule has 0 radical (unpaired) electrons. The van der Waals surface area contributed by atoms with Crippen LogP contribution in [0.2, 0.25) is 0 Å². The first-order chi connectivity index (χ1) is 7.29. The fourth-order valence-corrected chi connectivity index (χ4v) is 1.64. The van der Waals surface area contributed by atoms with E-state index in [4.69, 9.17) is 17.0 Å². The van der Waals surface area contributed by atoms with Crippen LogP contribution in [0.5, 0.6) is 5.75 Å². The van der Waals surface area contributed by atoms with Gasteiger partial charge in [0.15, 0.2) is 0 Å². The third-order valence-electron chi connectivity index (χ3n) is 2.09. The minimum absolute atomic E-state index is 0.547. The summed E-state index contributed by atoms with van der Waals surface area (Å²) in [7, 11) is 0. The van der Waals surface area contributed by atoms with E-state index in [9.17, 15) is 0 Å². The summed E-state index contributed by atoms with van der Waals surface area (Å²) in [6.45, 7) is 0. The Balaban J connectivity index is 2.34. The molecular weight excluding hydrogens is 224 g/mol. The third kappa shape index (κ3) is 2.49. The van der Waals surface area contributed by atoms with E-state index >= 15 is 0 Å². The Morgan fingerprint density at radius 2 is 1.87 bits per heavy atom. The zero-order valence-corrected chi connectivity index (χ0v) is 9.90. The van der Waals surface area contributed by atoms with E-state index in [2.05, 4.69) is 12.1 Å². The first kappa shape index (κ1) is 10.5. The standard InChI is InChI=1S/C12H10OS2/c1-15-12(14)13-11-7-6-9-4-2-3-5-10(9)8-11/h2-8H,1H3. The first-order valence-corrected chi connectivity index (χ1v) is 6.17. The number of hydrogen-bond acceptors (Lipinski definition) is 3. The summed E-state index contributed by atoms with van der Waals surface area (Å²) >= 11 is 6.43. The maximum Gasteiger partial charge on any atom is 0.225 e. The van der Waals surface area contributed by atoms with Gasteiger partial charge in [-0.2, -0.15) is 0 Å². The summed E-state index contributed by atoms with van der Waals surface area (Å²) in [4.78, 5) is 0. The van der Waals surface area contributed by atoms with Gasteiger partial charge in [-0.1, -0.05) is 42.1 Å². The second kappa shape index (κ2) is 4.64. The lowest BCUT2D eigenvalue weighted by atomic mass is 10.1. The Morgan fingerprint density at radius 3 is 2.60 bits per heavy atom. The molecule has 2 aromatic rings. The molecule has 0 saturated carbocycles. The molecule has 15 heavy (non-hydrogen) atoms. The fourth-order valence-electron chi connectivity index (χ4n) is 1.37. The lowest BCUT2D eigenvalue weighted by Crippen LogP contribution is -1.98. The molecule has 0 N–H and O–H groups in total. The summed E-state index contributed by atoms with van der Waals surface area (Å²) in [5.41, 5.74) is 0. The minimum Gasteiger partial charge on any atom is -0.440 e. The van der Waals surface area contributed by atoms with Gasteiger partial charge in [-0.25, -0.2) is 0 Å². The van der Waals surface area contributed by atoms with E-state index in [1.54, 1.807) is 0 Å². The highest BCUT2D eigenvalue weighted by Crippen LogP contribution is 2.21. The van der Waals surface area contributed by atoms with Gasteiger partial charge in [0.2, 0.25) is 4.38 Å². The molecule has 0 amide bonds. The van der Waals surface area contributed by atoms with Crippen LogP contribution < -0.4 is 4.74 Å². The summed E-state index contributed by atoms with van der Waals surface area (Å²) in [5.74, 6) is 0.799. The number of benzene rings is 2. The van der Waals surface area contributed by atoms with Crippen LogP contribution in [0.4, 0.5) is 0 Å². The Hall–Kier alpha value is -1.06. The monoisotopic (exact) mass is 234 g/mol. The van der Waals surface area contributed by atoms with Crippen molar-refractivity contribution in [2.45, 2.75) is 0 Å². The molecule has 0 aliphatic heterocycles. The molecule has 2 rings (SSSR count). The highest BCUT2D eigenvalue weighted by Gasteiger charge is 1.99. The SMILES string of the molecule is CSC(=S)Oc1ccc2ccccc2c1. The van der Waals surface area contributed by atoms with Crippen LogP contribution >= 0.6 is 24.0 Å². The van der Waals surface area contributed by atoms with Gasteiger partial charge in [0.05, 0.1) is 0 Å². The second-order valence-electron chi connectivity index (χ2n) is 3.07. The van der Waals surface area contributed by atoms with Crippen LogP contribution in [0.1, 0.15) is 0 Å². The molecule has 0 unspecified atom stereocenters. The van der Waals surface area contributed by atoms with Crippen molar-refractivity contribution < 1.29 is 4.74 Å². The number of thiocarbonyl (C=S) groups is 1. The van der Waals surface area contributed by atoms with Crippen LogP contribution in [-0.2, 0) is 0 Å². The van der Waals surface area contributed by atoms with E-state index in [1.807, 2.05) is 36.6 Å². The lowest BCUT2D eigenvalue weighted by molar-refractivity contribution is 0.580. The summed E-state index contributed by atoms with van der Waals surface area (Å²) in [6.07, 6.45) is 1.91. The molecule has 76 valence electrons.